The van der Waals surface area contributed by atoms with Gasteiger partial charge in [-0.05, 0) is 31.5 Å². The Hall–Kier alpha value is -1.88. The Labute approximate surface area is 111 Å². The molecule has 0 aliphatic carbocycles. The number of amides is 1. The van der Waals surface area contributed by atoms with Gasteiger partial charge in [-0.15, -0.1) is 0 Å². The molecule has 1 saturated heterocycles. The minimum Gasteiger partial charge on any atom is -0.388 e. The van der Waals surface area contributed by atoms with E-state index < -0.39 is 17.3 Å². The number of hydrogen-bond donors (Lipinski definition) is 1. The zero-order valence-corrected chi connectivity index (χ0v) is 11.0. The van der Waals surface area contributed by atoms with Crippen LogP contribution < -0.4 is 9.80 Å². The van der Waals surface area contributed by atoms with Gasteiger partial charge in [0.05, 0.1) is 16.9 Å². The predicted molar refractivity (Wildman–Crippen MR) is 71.6 cm³/mol. The van der Waals surface area contributed by atoms with E-state index in [-0.39, 0.29) is 0 Å². The van der Waals surface area contributed by atoms with Crippen molar-refractivity contribution in [3.8, 4) is 0 Å². The molecule has 3 rings (SSSR count). The van der Waals surface area contributed by atoms with Crippen LogP contribution in [0.5, 0.6) is 0 Å². The lowest BCUT2D eigenvalue weighted by molar-refractivity contribution is -0.114. The summed E-state index contributed by atoms with van der Waals surface area (Å²) < 4.78 is 0. The Kier molecular flexibility index (Phi) is 2.44. The van der Waals surface area contributed by atoms with Gasteiger partial charge in [0.15, 0.2) is 0 Å². The van der Waals surface area contributed by atoms with Gasteiger partial charge in [-0.1, -0.05) is 0 Å². The van der Waals surface area contributed by atoms with Gasteiger partial charge in [-0.2, -0.15) is 0 Å². The summed E-state index contributed by atoms with van der Waals surface area (Å²) in [5.41, 5.74) is 1.38. The molecule has 0 radical (unpaired) electrons. The van der Waals surface area contributed by atoms with E-state index in [1.165, 1.54) is 4.90 Å². The average Bonchev–Trinajstić information content (AvgIpc) is 2.84. The summed E-state index contributed by atoms with van der Waals surface area (Å²) >= 11 is 0. The number of benzene rings is 1. The van der Waals surface area contributed by atoms with Crippen LogP contribution in [0.15, 0.2) is 18.2 Å². The highest BCUT2D eigenvalue weighted by molar-refractivity contribution is 6.52. The van der Waals surface area contributed by atoms with Crippen molar-refractivity contribution in [2.24, 2.45) is 0 Å². The van der Waals surface area contributed by atoms with Crippen LogP contribution in [0.1, 0.15) is 23.7 Å². The standard InChI is InChI=1S/C14H16N2O3/c1-14(19)5-6-16(8-14)9-3-4-10-11(7-9)15(2)13(18)12(10)17/h3-4,7,19H,5-6,8H2,1-2H3. The highest BCUT2D eigenvalue weighted by Gasteiger charge is 2.35. The average molecular weight is 260 g/mol. The van der Waals surface area contributed by atoms with Crippen LogP contribution >= 0.6 is 0 Å². The van der Waals surface area contributed by atoms with Crippen molar-refractivity contribution in [3.63, 3.8) is 0 Å². The molecule has 5 nitrogen and oxygen atoms in total. The lowest BCUT2D eigenvalue weighted by atomic mass is 10.1. The fourth-order valence-corrected chi connectivity index (χ4v) is 2.73. The summed E-state index contributed by atoms with van der Waals surface area (Å²) in [6.07, 6.45) is 0.720. The zero-order chi connectivity index (χ0) is 13.8. The van der Waals surface area contributed by atoms with E-state index in [0.717, 1.165) is 18.7 Å². The number of rotatable bonds is 1. The maximum absolute atomic E-state index is 11.7. The van der Waals surface area contributed by atoms with Crippen molar-refractivity contribution in [1.29, 1.82) is 0 Å². The van der Waals surface area contributed by atoms with Crippen molar-refractivity contribution in [2.75, 3.05) is 29.9 Å². The van der Waals surface area contributed by atoms with Gasteiger partial charge in [0.25, 0.3) is 11.7 Å². The van der Waals surface area contributed by atoms with Gasteiger partial charge in [-0.3, -0.25) is 9.59 Å². The molecule has 2 aliphatic heterocycles. The lowest BCUT2D eigenvalue weighted by Gasteiger charge is -2.22. The topological polar surface area (TPSA) is 60.9 Å². The summed E-state index contributed by atoms with van der Waals surface area (Å²) in [5, 5.41) is 10.00. The normalized spacial score (nSPS) is 26.3. The van der Waals surface area contributed by atoms with Crippen LogP contribution in [0.3, 0.4) is 0 Å². The number of ketones is 1. The molecule has 1 fully saturated rings. The van der Waals surface area contributed by atoms with Crippen molar-refractivity contribution in [3.05, 3.63) is 23.8 Å². The van der Waals surface area contributed by atoms with E-state index in [4.69, 9.17) is 0 Å². The van der Waals surface area contributed by atoms with Gasteiger partial charge in [0.1, 0.15) is 0 Å². The third-order valence-corrected chi connectivity index (χ3v) is 3.90. The van der Waals surface area contributed by atoms with Crippen molar-refractivity contribution in [1.82, 2.24) is 0 Å². The maximum Gasteiger partial charge on any atom is 0.299 e. The largest absolute Gasteiger partial charge is 0.388 e. The van der Waals surface area contributed by atoms with E-state index in [9.17, 15) is 14.7 Å². The summed E-state index contributed by atoms with van der Waals surface area (Å²) in [6.45, 7) is 3.16. The maximum atomic E-state index is 11.7. The molecule has 100 valence electrons. The first kappa shape index (κ1) is 12.2. The van der Waals surface area contributed by atoms with Gasteiger partial charge in [0.2, 0.25) is 0 Å². The Balaban J connectivity index is 1.96. The number of carbonyl (C=O) groups excluding carboxylic acids is 2. The minimum atomic E-state index is -0.670. The molecule has 2 heterocycles. The fourth-order valence-electron chi connectivity index (χ4n) is 2.73. The molecule has 19 heavy (non-hydrogen) atoms. The van der Waals surface area contributed by atoms with Crippen LogP contribution in [0.4, 0.5) is 11.4 Å². The Bertz CT molecular complexity index is 580. The molecule has 1 unspecified atom stereocenters. The summed E-state index contributed by atoms with van der Waals surface area (Å²) in [6, 6.07) is 5.38. The molecule has 5 heteroatoms. The number of nitrogens with zero attached hydrogens (tertiary/aromatic N) is 2. The van der Waals surface area contributed by atoms with Crippen molar-refractivity contribution in [2.45, 2.75) is 18.9 Å². The quantitative estimate of drug-likeness (QED) is 0.759. The minimum absolute atomic E-state index is 0.447. The molecule has 0 saturated carbocycles. The van der Waals surface area contributed by atoms with Crippen molar-refractivity contribution < 1.29 is 14.7 Å². The molecule has 1 amide bonds. The van der Waals surface area contributed by atoms with E-state index in [1.54, 1.807) is 13.1 Å². The van der Waals surface area contributed by atoms with Crippen LogP contribution in [-0.4, -0.2) is 42.5 Å². The Morgan fingerprint density at radius 3 is 2.68 bits per heavy atom. The second-order valence-corrected chi connectivity index (χ2v) is 5.56. The van der Waals surface area contributed by atoms with E-state index in [1.807, 2.05) is 19.1 Å². The number of hydrogen-bond acceptors (Lipinski definition) is 4. The van der Waals surface area contributed by atoms with E-state index in [0.29, 0.717) is 17.8 Å². The third-order valence-electron chi connectivity index (χ3n) is 3.90. The monoisotopic (exact) mass is 260 g/mol. The second kappa shape index (κ2) is 3.81. The molecule has 0 bridgehead atoms. The summed E-state index contributed by atoms with van der Waals surface area (Å²) in [7, 11) is 1.61. The van der Waals surface area contributed by atoms with E-state index >= 15 is 0 Å². The fraction of sp³-hybridized carbons (Fsp3) is 0.429. The zero-order valence-electron chi connectivity index (χ0n) is 11.0. The van der Waals surface area contributed by atoms with Crippen LogP contribution in [0.2, 0.25) is 0 Å². The molecule has 1 aromatic rings. The summed E-state index contributed by atoms with van der Waals surface area (Å²) in [5.74, 6) is -0.932. The predicted octanol–water partition coefficient (Wildman–Crippen LogP) is 0.807. The highest BCUT2D eigenvalue weighted by atomic mass is 16.3. The molecule has 0 aromatic heterocycles. The molecule has 1 aromatic carbocycles. The van der Waals surface area contributed by atoms with Crippen molar-refractivity contribution >= 4 is 23.1 Å². The molecular weight excluding hydrogens is 244 g/mol. The molecular formula is C14H16N2O3. The van der Waals surface area contributed by atoms with E-state index in [2.05, 4.69) is 4.90 Å². The molecule has 1 N–H and O–H groups in total. The molecule has 1 atom stereocenters. The SMILES string of the molecule is CN1C(=O)C(=O)c2ccc(N3CCC(C)(O)C3)cc21. The number of likely N-dealkylation sites (N-methyl/N-ethyl adjacent to an activating group) is 1. The number of carbonyl (C=O) groups is 2. The van der Waals surface area contributed by atoms with Gasteiger partial charge in [-0.25, -0.2) is 0 Å². The Morgan fingerprint density at radius 1 is 1.32 bits per heavy atom. The highest BCUT2D eigenvalue weighted by Crippen LogP contribution is 2.34. The first-order valence-electron chi connectivity index (χ1n) is 6.33. The summed E-state index contributed by atoms with van der Waals surface area (Å²) in [4.78, 5) is 26.8. The number of aliphatic hydroxyl groups is 1. The Morgan fingerprint density at radius 2 is 2.05 bits per heavy atom. The first-order valence-corrected chi connectivity index (χ1v) is 6.33. The smallest absolute Gasteiger partial charge is 0.299 e. The van der Waals surface area contributed by atoms with Gasteiger partial charge < -0.3 is 14.9 Å². The first-order chi connectivity index (χ1) is 8.89. The number of β-amino-alcohol motifs (C(OH)–C–C–N with tert-alkyl or cyclic N) is 1. The van der Waals surface area contributed by atoms with Gasteiger partial charge >= 0.3 is 0 Å². The second-order valence-electron chi connectivity index (χ2n) is 5.56. The molecule has 0 spiro atoms. The lowest BCUT2D eigenvalue weighted by Crippen LogP contribution is -2.29. The number of Topliss-reactive ketones (excluding diaryl/α,β-unsaturated/α-hetero) is 1. The van der Waals surface area contributed by atoms with Crippen LogP contribution in [-0.2, 0) is 4.79 Å². The third kappa shape index (κ3) is 1.81. The van der Waals surface area contributed by atoms with Gasteiger partial charge in [0, 0.05) is 25.8 Å². The molecule has 2 aliphatic rings. The number of anilines is 2. The van der Waals surface area contributed by atoms with Crippen LogP contribution in [0.25, 0.3) is 0 Å². The van der Waals surface area contributed by atoms with Crippen LogP contribution in [0, 0.1) is 0 Å². The number of fused-ring (bicyclic) bond motifs is 1.